The van der Waals surface area contributed by atoms with Crippen molar-refractivity contribution in [2.24, 2.45) is 0 Å². The molecule has 2 atom stereocenters. The Morgan fingerprint density at radius 2 is 1.82 bits per heavy atom. The van der Waals surface area contributed by atoms with Crippen LogP contribution in [0.1, 0.15) is 11.7 Å². The standard InChI is InChI=1S/C10H10N2O5/c13-7(8(14)9(15)16)4-1-2-5-6(3-4)12-10(17)11-5/h1-3,7-8,13-14H,(H,15,16)(H2,11,12,17). The molecule has 0 aliphatic carbocycles. The zero-order chi connectivity index (χ0) is 12.6. The van der Waals surface area contributed by atoms with Crippen LogP contribution in [0.4, 0.5) is 0 Å². The minimum absolute atomic E-state index is 0.211. The molecule has 17 heavy (non-hydrogen) atoms. The van der Waals surface area contributed by atoms with E-state index >= 15 is 0 Å². The zero-order valence-corrected chi connectivity index (χ0v) is 8.54. The first-order valence-corrected chi connectivity index (χ1v) is 4.80. The van der Waals surface area contributed by atoms with Gasteiger partial charge in [0, 0.05) is 0 Å². The predicted octanol–water partition coefficient (Wildman–Crippen LogP) is -0.665. The average molecular weight is 238 g/mol. The van der Waals surface area contributed by atoms with E-state index in [0.717, 1.165) is 0 Å². The Bertz CT molecular complexity index is 614. The molecule has 7 nitrogen and oxygen atoms in total. The molecule has 0 radical (unpaired) electrons. The van der Waals surface area contributed by atoms with Crippen LogP contribution < -0.4 is 5.69 Å². The van der Waals surface area contributed by atoms with Gasteiger partial charge in [-0.05, 0) is 17.7 Å². The minimum atomic E-state index is -1.90. The number of benzene rings is 1. The van der Waals surface area contributed by atoms with Crippen LogP contribution in [-0.2, 0) is 4.79 Å². The summed E-state index contributed by atoms with van der Waals surface area (Å²) in [4.78, 5) is 26.5. The molecule has 90 valence electrons. The Morgan fingerprint density at radius 3 is 2.47 bits per heavy atom. The molecular weight excluding hydrogens is 228 g/mol. The molecule has 0 bridgehead atoms. The average Bonchev–Trinajstić information content (AvgIpc) is 2.65. The van der Waals surface area contributed by atoms with Crippen molar-refractivity contribution < 1.29 is 20.1 Å². The van der Waals surface area contributed by atoms with Crippen molar-refractivity contribution in [2.45, 2.75) is 12.2 Å². The lowest BCUT2D eigenvalue weighted by Crippen LogP contribution is -2.27. The Balaban J connectivity index is 2.42. The summed E-state index contributed by atoms with van der Waals surface area (Å²) in [5.41, 5.74) is 0.785. The molecule has 0 aliphatic rings. The summed E-state index contributed by atoms with van der Waals surface area (Å²) in [5, 5.41) is 27.3. The number of aliphatic carboxylic acids is 1. The number of hydrogen-bond donors (Lipinski definition) is 5. The number of hydrogen-bond acceptors (Lipinski definition) is 4. The molecule has 2 rings (SSSR count). The van der Waals surface area contributed by atoms with E-state index in [1.165, 1.54) is 18.2 Å². The van der Waals surface area contributed by atoms with Crippen molar-refractivity contribution in [2.75, 3.05) is 0 Å². The van der Waals surface area contributed by atoms with Gasteiger partial charge in [0.25, 0.3) is 0 Å². The minimum Gasteiger partial charge on any atom is -0.479 e. The summed E-state index contributed by atoms with van der Waals surface area (Å²) in [6, 6.07) is 4.35. The molecule has 2 aromatic rings. The molecule has 5 N–H and O–H groups in total. The van der Waals surface area contributed by atoms with Gasteiger partial charge in [-0.25, -0.2) is 9.59 Å². The zero-order valence-electron chi connectivity index (χ0n) is 8.54. The van der Waals surface area contributed by atoms with E-state index in [2.05, 4.69) is 9.97 Å². The number of carboxylic acid groups (broad SMARTS) is 1. The smallest absolute Gasteiger partial charge is 0.335 e. The first-order valence-electron chi connectivity index (χ1n) is 4.80. The highest BCUT2D eigenvalue weighted by Crippen LogP contribution is 2.20. The summed E-state index contributed by atoms with van der Waals surface area (Å²) in [7, 11) is 0. The number of nitrogens with one attached hydrogen (secondary N) is 2. The topological polar surface area (TPSA) is 126 Å². The first kappa shape index (κ1) is 11.4. The Labute approximate surface area is 94.3 Å². The molecule has 0 amide bonds. The lowest BCUT2D eigenvalue weighted by Gasteiger charge is -2.13. The van der Waals surface area contributed by atoms with Gasteiger partial charge in [0.2, 0.25) is 0 Å². The molecule has 0 saturated heterocycles. The summed E-state index contributed by atoms with van der Waals surface area (Å²) in [5.74, 6) is -1.51. The van der Waals surface area contributed by atoms with E-state index in [1.807, 2.05) is 0 Å². The van der Waals surface area contributed by atoms with Crippen molar-refractivity contribution in [1.82, 2.24) is 9.97 Å². The van der Waals surface area contributed by atoms with E-state index in [9.17, 15) is 19.8 Å². The molecule has 2 unspecified atom stereocenters. The van der Waals surface area contributed by atoms with Gasteiger partial charge < -0.3 is 25.3 Å². The molecule has 7 heteroatoms. The number of rotatable bonds is 3. The fourth-order valence-electron chi connectivity index (χ4n) is 1.55. The maximum atomic E-state index is 11.0. The third kappa shape index (κ3) is 2.05. The quantitative estimate of drug-likeness (QED) is 0.485. The summed E-state index contributed by atoms with van der Waals surface area (Å²) < 4.78 is 0. The molecule has 1 aromatic heterocycles. The Hall–Kier alpha value is -2.12. The third-order valence-electron chi connectivity index (χ3n) is 2.43. The molecule has 0 aliphatic heterocycles. The number of aromatic nitrogens is 2. The number of aliphatic hydroxyl groups is 2. The van der Waals surface area contributed by atoms with E-state index in [4.69, 9.17) is 5.11 Å². The van der Waals surface area contributed by atoms with Crippen LogP contribution in [-0.4, -0.2) is 37.4 Å². The lowest BCUT2D eigenvalue weighted by molar-refractivity contribution is -0.153. The second kappa shape index (κ2) is 4.04. The molecule has 1 aromatic carbocycles. The van der Waals surface area contributed by atoms with Gasteiger partial charge in [-0.3, -0.25) is 0 Å². The molecule has 0 saturated carbocycles. The van der Waals surface area contributed by atoms with Crippen molar-refractivity contribution in [1.29, 1.82) is 0 Å². The van der Waals surface area contributed by atoms with Crippen LogP contribution in [0.3, 0.4) is 0 Å². The van der Waals surface area contributed by atoms with Crippen molar-refractivity contribution >= 4 is 17.0 Å². The normalized spacial score (nSPS) is 14.7. The monoisotopic (exact) mass is 238 g/mol. The van der Waals surface area contributed by atoms with Crippen LogP contribution in [0.25, 0.3) is 11.0 Å². The van der Waals surface area contributed by atoms with Crippen molar-refractivity contribution in [3.05, 3.63) is 34.2 Å². The van der Waals surface area contributed by atoms with Crippen LogP contribution >= 0.6 is 0 Å². The summed E-state index contributed by atoms with van der Waals surface area (Å²) in [6.45, 7) is 0. The molecule has 0 spiro atoms. The number of fused-ring (bicyclic) bond motifs is 1. The third-order valence-corrected chi connectivity index (χ3v) is 2.43. The van der Waals surface area contributed by atoms with Gasteiger partial charge >= 0.3 is 11.7 Å². The van der Waals surface area contributed by atoms with Crippen LogP contribution in [0.15, 0.2) is 23.0 Å². The number of aromatic amines is 2. The number of imidazole rings is 1. The van der Waals surface area contributed by atoms with E-state index in [-0.39, 0.29) is 5.56 Å². The second-order valence-electron chi connectivity index (χ2n) is 3.61. The maximum absolute atomic E-state index is 11.0. The van der Waals surface area contributed by atoms with Crippen molar-refractivity contribution in [3.63, 3.8) is 0 Å². The number of carbonyl (C=O) groups is 1. The van der Waals surface area contributed by atoms with Gasteiger partial charge in [0.15, 0.2) is 6.10 Å². The second-order valence-corrected chi connectivity index (χ2v) is 3.61. The molecule has 1 heterocycles. The van der Waals surface area contributed by atoms with E-state index in [0.29, 0.717) is 11.0 Å². The van der Waals surface area contributed by atoms with Gasteiger partial charge in [-0.2, -0.15) is 0 Å². The highest BCUT2D eigenvalue weighted by atomic mass is 16.4. The number of carboxylic acids is 1. The van der Waals surface area contributed by atoms with Gasteiger partial charge in [-0.1, -0.05) is 6.07 Å². The SMILES string of the molecule is O=C(O)C(O)C(O)c1ccc2[nH]c(=O)[nH]c2c1. The highest BCUT2D eigenvalue weighted by Gasteiger charge is 2.25. The van der Waals surface area contributed by atoms with Crippen molar-refractivity contribution in [3.8, 4) is 0 Å². The van der Waals surface area contributed by atoms with Crippen LogP contribution in [0, 0.1) is 0 Å². The Morgan fingerprint density at radius 1 is 1.18 bits per heavy atom. The number of aliphatic hydroxyl groups excluding tert-OH is 2. The van der Waals surface area contributed by atoms with Gasteiger partial charge in [-0.15, -0.1) is 0 Å². The first-order chi connectivity index (χ1) is 7.99. The summed E-state index contributed by atoms with van der Waals surface area (Å²) >= 11 is 0. The van der Waals surface area contributed by atoms with Crippen LogP contribution in [0.2, 0.25) is 0 Å². The maximum Gasteiger partial charge on any atom is 0.335 e. The van der Waals surface area contributed by atoms with E-state index in [1.54, 1.807) is 0 Å². The fraction of sp³-hybridized carbons (Fsp3) is 0.200. The molecular formula is C10H10N2O5. The highest BCUT2D eigenvalue weighted by molar-refractivity contribution is 5.76. The van der Waals surface area contributed by atoms with Gasteiger partial charge in [0.1, 0.15) is 6.10 Å². The predicted molar refractivity (Wildman–Crippen MR) is 57.5 cm³/mol. The Kier molecular flexibility index (Phi) is 2.70. The van der Waals surface area contributed by atoms with Gasteiger partial charge in [0.05, 0.1) is 11.0 Å². The van der Waals surface area contributed by atoms with E-state index < -0.39 is 23.9 Å². The molecule has 0 fully saturated rings. The number of H-pyrrole nitrogens is 2. The fourth-order valence-corrected chi connectivity index (χ4v) is 1.55. The van der Waals surface area contributed by atoms with Crippen LogP contribution in [0.5, 0.6) is 0 Å². The largest absolute Gasteiger partial charge is 0.479 e. The summed E-state index contributed by atoms with van der Waals surface area (Å²) in [6.07, 6.45) is -3.45. The lowest BCUT2D eigenvalue weighted by atomic mass is 10.0.